The van der Waals surface area contributed by atoms with E-state index in [0.717, 1.165) is 5.56 Å². The quantitative estimate of drug-likeness (QED) is 0.690. The molecule has 0 unspecified atom stereocenters. The van der Waals surface area contributed by atoms with Crippen molar-refractivity contribution in [3.63, 3.8) is 0 Å². The van der Waals surface area contributed by atoms with Crippen molar-refractivity contribution in [3.8, 4) is 0 Å². The number of carbonyl (C=O) groups is 3. The zero-order valence-corrected chi connectivity index (χ0v) is 17.9. The van der Waals surface area contributed by atoms with Gasteiger partial charge in [0.25, 0.3) is 5.91 Å². The molecule has 1 heterocycles. The third kappa shape index (κ3) is 5.84. The predicted octanol–water partition coefficient (Wildman–Crippen LogP) is 3.67. The Labute approximate surface area is 174 Å². The summed E-state index contributed by atoms with van der Waals surface area (Å²) in [5.74, 6) is -1.57. The van der Waals surface area contributed by atoms with Crippen molar-refractivity contribution in [2.24, 2.45) is 0 Å². The predicted molar refractivity (Wildman–Crippen MR) is 109 cm³/mol. The van der Waals surface area contributed by atoms with Gasteiger partial charge in [0.2, 0.25) is 0 Å². The Morgan fingerprint density at radius 2 is 1.72 bits per heavy atom. The van der Waals surface area contributed by atoms with Gasteiger partial charge in [-0.05, 0) is 51.0 Å². The molecule has 1 amide bonds. The highest BCUT2D eigenvalue weighted by atomic mass is 35.5. The maximum Gasteiger partial charge on any atom is 0.355 e. The second-order valence-corrected chi connectivity index (χ2v) is 7.47. The molecule has 2 rings (SSSR count). The molecule has 0 bridgehead atoms. The van der Waals surface area contributed by atoms with Crippen molar-refractivity contribution in [3.05, 3.63) is 57.4 Å². The molecule has 0 aliphatic carbocycles. The summed E-state index contributed by atoms with van der Waals surface area (Å²) in [6.07, 6.45) is -0.277. The second kappa shape index (κ2) is 9.60. The van der Waals surface area contributed by atoms with E-state index >= 15 is 0 Å². The van der Waals surface area contributed by atoms with Crippen LogP contribution in [0.15, 0.2) is 24.3 Å². The number of hydrogen-bond donors (Lipinski definition) is 1. The normalized spacial score (nSPS) is 10.7. The third-order valence-corrected chi connectivity index (χ3v) is 4.53. The summed E-state index contributed by atoms with van der Waals surface area (Å²) in [6, 6.07) is 7.13. The third-order valence-electron chi connectivity index (χ3n) is 4.27. The lowest BCUT2D eigenvalue weighted by molar-refractivity contribution is -0.133. The molecule has 1 N–H and O–H groups in total. The van der Waals surface area contributed by atoms with Crippen molar-refractivity contribution < 1.29 is 23.9 Å². The van der Waals surface area contributed by atoms with Gasteiger partial charge in [0.1, 0.15) is 5.69 Å². The van der Waals surface area contributed by atoms with Crippen LogP contribution in [0.2, 0.25) is 5.02 Å². The maximum atomic E-state index is 12.4. The number of hydrogen-bond acceptors (Lipinski definition) is 5. The van der Waals surface area contributed by atoms with Crippen LogP contribution in [0, 0.1) is 13.8 Å². The van der Waals surface area contributed by atoms with Crippen molar-refractivity contribution in [1.82, 2.24) is 9.88 Å². The minimum atomic E-state index is -0.706. The smallest absolute Gasteiger partial charge is 0.355 e. The lowest BCUT2D eigenvalue weighted by Crippen LogP contribution is -2.31. The number of nitrogens with one attached hydrogen (secondary N) is 1. The van der Waals surface area contributed by atoms with Crippen molar-refractivity contribution in [2.75, 3.05) is 13.7 Å². The van der Waals surface area contributed by atoms with Gasteiger partial charge in [-0.2, -0.15) is 0 Å². The van der Waals surface area contributed by atoms with E-state index in [4.69, 9.17) is 21.1 Å². The molecule has 7 nitrogen and oxygen atoms in total. The zero-order valence-electron chi connectivity index (χ0n) is 17.2. The van der Waals surface area contributed by atoms with Gasteiger partial charge < -0.3 is 19.4 Å². The molecular weight excluding hydrogens is 396 g/mol. The van der Waals surface area contributed by atoms with E-state index in [1.54, 1.807) is 46.9 Å². The summed E-state index contributed by atoms with van der Waals surface area (Å²) in [5, 5.41) is 0.616. The number of halogens is 1. The Bertz CT molecular complexity index is 903. The number of H-pyrrole nitrogens is 1. The summed E-state index contributed by atoms with van der Waals surface area (Å²) in [4.78, 5) is 41.2. The van der Waals surface area contributed by atoms with Gasteiger partial charge in [-0.25, -0.2) is 9.59 Å². The Morgan fingerprint density at radius 3 is 2.31 bits per heavy atom. The average molecular weight is 421 g/mol. The van der Waals surface area contributed by atoms with E-state index < -0.39 is 18.5 Å². The average Bonchev–Trinajstić information content (AvgIpc) is 2.95. The minimum absolute atomic E-state index is 0.131. The van der Waals surface area contributed by atoms with Crippen LogP contribution in [0.4, 0.5) is 0 Å². The molecule has 0 saturated carbocycles. The number of amides is 1. The van der Waals surface area contributed by atoms with Gasteiger partial charge >= 0.3 is 11.9 Å². The minimum Gasteiger partial charge on any atom is -0.459 e. The van der Waals surface area contributed by atoms with E-state index in [0.29, 0.717) is 28.4 Å². The van der Waals surface area contributed by atoms with Gasteiger partial charge in [0.05, 0.1) is 11.7 Å². The fourth-order valence-corrected chi connectivity index (χ4v) is 2.92. The molecule has 0 aliphatic heterocycles. The lowest BCUT2D eigenvalue weighted by Gasteiger charge is -2.17. The molecule has 1 aromatic heterocycles. The van der Waals surface area contributed by atoms with Crippen molar-refractivity contribution in [2.45, 2.75) is 40.3 Å². The van der Waals surface area contributed by atoms with E-state index in [1.807, 2.05) is 12.1 Å². The monoisotopic (exact) mass is 420 g/mol. The Kier molecular flexibility index (Phi) is 7.45. The summed E-state index contributed by atoms with van der Waals surface area (Å²) >= 11 is 5.85. The summed E-state index contributed by atoms with van der Waals surface area (Å²) in [7, 11) is 1.62. The van der Waals surface area contributed by atoms with E-state index in [2.05, 4.69) is 4.98 Å². The van der Waals surface area contributed by atoms with Crippen molar-refractivity contribution >= 4 is 29.4 Å². The van der Waals surface area contributed by atoms with Gasteiger partial charge in [-0.3, -0.25) is 4.79 Å². The molecule has 0 aliphatic rings. The van der Waals surface area contributed by atoms with Crippen LogP contribution < -0.4 is 0 Å². The Morgan fingerprint density at radius 1 is 1.10 bits per heavy atom. The zero-order chi connectivity index (χ0) is 21.7. The second-order valence-electron chi connectivity index (χ2n) is 7.03. The number of benzene rings is 1. The topological polar surface area (TPSA) is 88.7 Å². The van der Waals surface area contributed by atoms with Crippen LogP contribution in [-0.2, 0) is 20.8 Å². The maximum absolute atomic E-state index is 12.4. The Balaban J connectivity index is 1.98. The molecule has 8 heteroatoms. The summed E-state index contributed by atoms with van der Waals surface area (Å²) in [6.45, 7) is 6.75. The van der Waals surface area contributed by atoms with Crippen molar-refractivity contribution in [1.29, 1.82) is 0 Å². The van der Waals surface area contributed by atoms with Crippen LogP contribution in [0.1, 0.15) is 51.5 Å². The number of aromatic amines is 1. The number of aromatic nitrogens is 1. The van der Waals surface area contributed by atoms with E-state index in [1.165, 1.54) is 4.90 Å². The first-order valence-corrected chi connectivity index (χ1v) is 9.53. The molecule has 29 heavy (non-hydrogen) atoms. The van der Waals surface area contributed by atoms with E-state index in [9.17, 15) is 14.4 Å². The number of esters is 2. The summed E-state index contributed by atoms with van der Waals surface area (Å²) < 4.78 is 10.3. The first-order chi connectivity index (χ1) is 13.6. The fraction of sp³-hybridized carbons (Fsp3) is 0.381. The van der Waals surface area contributed by atoms with Crippen LogP contribution in [0.25, 0.3) is 0 Å². The molecule has 156 valence electrons. The van der Waals surface area contributed by atoms with Gasteiger partial charge in [0.15, 0.2) is 6.61 Å². The number of carbonyl (C=O) groups excluding carboxylic acids is 3. The molecule has 1 aromatic carbocycles. The fourth-order valence-electron chi connectivity index (χ4n) is 2.79. The van der Waals surface area contributed by atoms with Crippen LogP contribution in [0.3, 0.4) is 0 Å². The highest BCUT2D eigenvalue weighted by molar-refractivity contribution is 6.30. The van der Waals surface area contributed by atoms with Gasteiger partial charge in [-0.1, -0.05) is 23.7 Å². The highest BCUT2D eigenvalue weighted by Crippen LogP contribution is 2.20. The molecule has 0 radical (unpaired) electrons. The number of likely N-dealkylation sites (N-methyl/N-ethyl adjacent to an activating group) is 1. The summed E-state index contributed by atoms with van der Waals surface area (Å²) in [5.41, 5.74) is 2.27. The highest BCUT2D eigenvalue weighted by Gasteiger charge is 2.25. The van der Waals surface area contributed by atoms with Crippen LogP contribution in [0.5, 0.6) is 0 Å². The molecule has 2 aromatic rings. The lowest BCUT2D eigenvalue weighted by atomic mass is 10.1. The number of rotatable bonds is 7. The number of nitrogens with zero attached hydrogens (tertiary/aromatic N) is 1. The standard InChI is InChI=1S/C21H25ClN2O5/c1-12(2)29-20(26)18-13(3)19(23-14(18)4)21(27)28-11-17(25)24(5)10-15-6-8-16(22)9-7-15/h6-9,12,23H,10-11H2,1-5H3. The van der Waals surface area contributed by atoms with Gasteiger partial charge in [-0.15, -0.1) is 0 Å². The largest absolute Gasteiger partial charge is 0.459 e. The number of aryl methyl sites for hydroxylation is 1. The molecule has 0 saturated heterocycles. The first kappa shape index (κ1) is 22.5. The molecule has 0 fully saturated rings. The van der Waals surface area contributed by atoms with Crippen LogP contribution >= 0.6 is 11.6 Å². The van der Waals surface area contributed by atoms with E-state index in [-0.39, 0.29) is 17.7 Å². The Hall–Kier alpha value is -2.80. The van der Waals surface area contributed by atoms with Crippen LogP contribution in [-0.4, -0.2) is 47.5 Å². The number of ether oxygens (including phenoxy) is 2. The first-order valence-electron chi connectivity index (χ1n) is 9.15. The SMILES string of the molecule is Cc1[nH]c(C(=O)OCC(=O)N(C)Cc2ccc(Cl)cc2)c(C)c1C(=O)OC(C)C. The molecular formula is C21H25ClN2O5. The van der Waals surface area contributed by atoms with Gasteiger partial charge in [0, 0.05) is 24.3 Å². The molecule has 0 spiro atoms. The molecule has 0 atom stereocenters.